The lowest BCUT2D eigenvalue weighted by Crippen LogP contribution is -2.17. The van der Waals surface area contributed by atoms with Crippen LogP contribution in [0.25, 0.3) is 0 Å². The highest BCUT2D eigenvalue weighted by molar-refractivity contribution is 7.92. The molecule has 9 heteroatoms. The van der Waals surface area contributed by atoms with Crippen LogP contribution in [0.2, 0.25) is 0 Å². The van der Waals surface area contributed by atoms with E-state index in [1.54, 1.807) is 13.1 Å². The molecule has 0 saturated heterocycles. The number of rotatable bonds is 4. The molecule has 8 nitrogen and oxygen atoms in total. The lowest BCUT2D eigenvalue weighted by molar-refractivity contribution is 0.398. The molecule has 0 aliphatic carbocycles. The minimum Gasteiger partial charge on any atom is -0.481 e. The summed E-state index contributed by atoms with van der Waals surface area (Å²) in [5.74, 6) is 0.333. The van der Waals surface area contributed by atoms with Crippen molar-refractivity contribution in [3.63, 3.8) is 0 Å². The summed E-state index contributed by atoms with van der Waals surface area (Å²) in [7, 11) is -0.786. The van der Waals surface area contributed by atoms with Crippen molar-refractivity contribution >= 4 is 21.5 Å². The van der Waals surface area contributed by atoms with Gasteiger partial charge in [-0.2, -0.15) is 8.42 Å². The highest BCUT2D eigenvalue weighted by atomic mass is 32.2. The van der Waals surface area contributed by atoms with Gasteiger partial charge in [0, 0.05) is 13.1 Å². The van der Waals surface area contributed by atoms with E-state index in [-0.39, 0.29) is 10.8 Å². The van der Waals surface area contributed by atoms with Crippen LogP contribution in [0.1, 0.15) is 0 Å². The van der Waals surface area contributed by atoms with E-state index in [0.717, 1.165) is 0 Å². The Hall–Kier alpha value is -2.29. The first kappa shape index (κ1) is 13.1. The molecule has 0 amide bonds. The lowest BCUT2D eigenvalue weighted by atomic mass is 10.4. The number of ether oxygens (including phenoxy) is 1. The molecule has 2 aromatic heterocycles. The molecule has 2 aromatic rings. The molecule has 0 radical (unpaired) electrons. The summed E-state index contributed by atoms with van der Waals surface area (Å²) in [6.45, 7) is 0. The minimum absolute atomic E-state index is 0.0588. The number of nitrogens with one attached hydrogen (secondary N) is 1. The van der Waals surface area contributed by atoms with Crippen LogP contribution >= 0.6 is 0 Å². The molecular weight excluding hydrogens is 270 g/mol. The number of imidazole rings is 1. The van der Waals surface area contributed by atoms with E-state index in [1.165, 1.54) is 30.3 Å². The number of methoxy groups -OCH3 is 1. The summed E-state index contributed by atoms with van der Waals surface area (Å²) < 4.78 is 32.9. The molecule has 0 fully saturated rings. The molecule has 0 spiro atoms. The Morgan fingerprint density at radius 1 is 1.37 bits per heavy atom. The fourth-order valence-corrected chi connectivity index (χ4v) is 2.81. The molecule has 0 atom stereocenters. The number of aromatic nitrogens is 3. The molecule has 0 aromatic carbocycles. The second-order valence-electron chi connectivity index (χ2n) is 3.74. The largest absolute Gasteiger partial charge is 0.481 e. The van der Waals surface area contributed by atoms with Crippen molar-refractivity contribution in [3.05, 3.63) is 24.7 Å². The average Bonchev–Trinajstić information content (AvgIpc) is 2.70. The van der Waals surface area contributed by atoms with Crippen molar-refractivity contribution in [1.29, 1.82) is 0 Å². The fourth-order valence-electron chi connectivity index (χ4n) is 1.53. The maximum Gasteiger partial charge on any atom is 0.281 e. The first-order valence-corrected chi connectivity index (χ1v) is 6.72. The third-order valence-corrected chi connectivity index (χ3v) is 3.87. The van der Waals surface area contributed by atoms with Crippen molar-refractivity contribution in [1.82, 2.24) is 14.5 Å². The summed E-state index contributed by atoms with van der Waals surface area (Å²) in [5.41, 5.74) is 5.85. The van der Waals surface area contributed by atoms with Gasteiger partial charge in [0.25, 0.3) is 10.0 Å². The summed E-state index contributed by atoms with van der Waals surface area (Å²) >= 11 is 0. The van der Waals surface area contributed by atoms with Gasteiger partial charge in [0.2, 0.25) is 5.88 Å². The zero-order chi connectivity index (χ0) is 14.0. The number of aryl methyl sites for hydroxylation is 1. The van der Waals surface area contributed by atoms with Gasteiger partial charge in [-0.25, -0.2) is 9.97 Å². The quantitative estimate of drug-likeness (QED) is 0.829. The van der Waals surface area contributed by atoms with Gasteiger partial charge >= 0.3 is 0 Å². The predicted molar refractivity (Wildman–Crippen MR) is 69.2 cm³/mol. The molecule has 102 valence electrons. The number of nitrogens with zero attached hydrogens (tertiary/aromatic N) is 3. The lowest BCUT2D eigenvalue weighted by Gasteiger charge is -2.09. The summed E-state index contributed by atoms with van der Waals surface area (Å²) in [6, 6.07) is 3.08. The SMILES string of the molecule is COc1ccc(NS(=O)(=O)c2c(N)ncn2C)cn1. The van der Waals surface area contributed by atoms with Gasteiger partial charge in [0.1, 0.15) is 0 Å². The predicted octanol–water partition coefficient (Wildman–Crippen LogP) is 0.207. The van der Waals surface area contributed by atoms with Crippen LogP contribution in [0.3, 0.4) is 0 Å². The van der Waals surface area contributed by atoms with Crippen LogP contribution < -0.4 is 15.2 Å². The molecule has 3 N–H and O–H groups in total. The molecular formula is C10H13N5O3S. The molecule has 0 unspecified atom stereocenters. The van der Waals surface area contributed by atoms with Gasteiger partial charge in [-0.15, -0.1) is 0 Å². The van der Waals surface area contributed by atoms with Crippen LogP contribution in [-0.2, 0) is 17.1 Å². The fraction of sp³-hybridized carbons (Fsp3) is 0.200. The average molecular weight is 283 g/mol. The third-order valence-electron chi connectivity index (χ3n) is 2.36. The Labute approximate surface area is 110 Å². The number of sulfonamides is 1. The Balaban J connectivity index is 2.31. The summed E-state index contributed by atoms with van der Waals surface area (Å²) in [4.78, 5) is 7.64. The first-order chi connectivity index (χ1) is 8.94. The maximum atomic E-state index is 12.1. The van der Waals surface area contributed by atoms with Crippen LogP contribution in [0, 0.1) is 0 Å². The zero-order valence-electron chi connectivity index (χ0n) is 10.4. The van der Waals surface area contributed by atoms with Gasteiger partial charge in [0.05, 0.1) is 25.3 Å². The Morgan fingerprint density at radius 3 is 2.58 bits per heavy atom. The highest BCUT2D eigenvalue weighted by Gasteiger charge is 2.22. The topological polar surface area (TPSA) is 112 Å². The second kappa shape index (κ2) is 4.76. The minimum atomic E-state index is -3.81. The first-order valence-electron chi connectivity index (χ1n) is 5.23. The van der Waals surface area contributed by atoms with Gasteiger partial charge < -0.3 is 15.0 Å². The van der Waals surface area contributed by atoms with Crippen LogP contribution in [0.5, 0.6) is 5.88 Å². The molecule has 0 aliphatic heterocycles. The molecule has 0 aliphatic rings. The molecule has 2 heterocycles. The summed E-state index contributed by atoms with van der Waals surface area (Å²) in [6.07, 6.45) is 2.68. The Kier molecular flexibility index (Phi) is 3.30. The zero-order valence-corrected chi connectivity index (χ0v) is 11.2. The van der Waals surface area contributed by atoms with E-state index in [0.29, 0.717) is 11.6 Å². The summed E-state index contributed by atoms with van der Waals surface area (Å²) in [5, 5.41) is -0.0941. The third kappa shape index (κ3) is 2.60. The van der Waals surface area contributed by atoms with Gasteiger partial charge in [-0.1, -0.05) is 0 Å². The smallest absolute Gasteiger partial charge is 0.281 e. The van der Waals surface area contributed by atoms with Crippen molar-refractivity contribution in [2.75, 3.05) is 17.6 Å². The Morgan fingerprint density at radius 2 is 2.11 bits per heavy atom. The van der Waals surface area contributed by atoms with E-state index in [2.05, 4.69) is 14.7 Å². The van der Waals surface area contributed by atoms with Crippen LogP contribution in [0.15, 0.2) is 29.7 Å². The van der Waals surface area contributed by atoms with Crippen LogP contribution in [0.4, 0.5) is 11.5 Å². The number of anilines is 2. The van der Waals surface area contributed by atoms with E-state index in [9.17, 15) is 8.42 Å². The maximum absolute atomic E-state index is 12.1. The van der Waals surface area contributed by atoms with Crippen molar-refractivity contribution < 1.29 is 13.2 Å². The Bertz CT molecular complexity index is 658. The van der Waals surface area contributed by atoms with Gasteiger partial charge in [0.15, 0.2) is 10.8 Å². The van der Waals surface area contributed by atoms with Gasteiger partial charge in [-0.05, 0) is 6.07 Å². The van der Waals surface area contributed by atoms with E-state index < -0.39 is 10.0 Å². The van der Waals surface area contributed by atoms with E-state index in [4.69, 9.17) is 10.5 Å². The van der Waals surface area contributed by atoms with Gasteiger partial charge in [-0.3, -0.25) is 4.72 Å². The van der Waals surface area contributed by atoms with E-state index >= 15 is 0 Å². The standard InChI is InChI=1S/C10H13N5O3S/c1-15-6-13-9(11)10(15)19(16,17)14-7-3-4-8(18-2)12-5-7/h3-6,14H,11H2,1-2H3. The molecule has 19 heavy (non-hydrogen) atoms. The number of nitrogens with two attached hydrogens (primary N) is 1. The molecule has 0 bridgehead atoms. The highest BCUT2D eigenvalue weighted by Crippen LogP contribution is 2.20. The number of hydrogen-bond donors (Lipinski definition) is 2. The molecule has 2 rings (SSSR count). The second-order valence-corrected chi connectivity index (χ2v) is 5.34. The van der Waals surface area contributed by atoms with E-state index in [1.807, 2.05) is 0 Å². The monoisotopic (exact) mass is 283 g/mol. The van der Waals surface area contributed by atoms with Crippen molar-refractivity contribution in [3.8, 4) is 5.88 Å². The number of hydrogen-bond acceptors (Lipinski definition) is 6. The molecule has 0 saturated carbocycles. The number of nitrogen functional groups attached to an aromatic ring is 1. The van der Waals surface area contributed by atoms with Crippen LogP contribution in [-0.4, -0.2) is 30.1 Å². The van der Waals surface area contributed by atoms with Crippen molar-refractivity contribution in [2.24, 2.45) is 7.05 Å². The normalized spacial score (nSPS) is 11.3. The number of pyridine rings is 1. The van der Waals surface area contributed by atoms with Crippen molar-refractivity contribution in [2.45, 2.75) is 5.03 Å².